The molecule has 0 aliphatic carbocycles. The summed E-state index contributed by atoms with van der Waals surface area (Å²) in [4.78, 5) is 11.7. The normalized spacial score (nSPS) is 11.3. The van der Waals surface area contributed by atoms with Crippen molar-refractivity contribution in [3.63, 3.8) is 0 Å². The lowest BCUT2D eigenvalue weighted by molar-refractivity contribution is -0.137. The van der Waals surface area contributed by atoms with Crippen molar-refractivity contribution in [3.05, 3.63) is 47.5 Å². The summed E-state index contributed by atoms with van der Waals surface area (Å²) < 4.78 is 37.3. The van der Waals surface area contributed by atoms with Gasteiger partial charge in [-0.1, -0.05) is 12.1 Å². The number of carbonyl (C=O) groups excluding carboxylic acids is 1. The molecule has 1 N–H and O–H groups in total. The first-order valence-corrected chi connectivity index (χ1v) is 5.39. The number of rotatable bonds is 5. The lowest BCUT2D eigenvalue weighted by atomic mass is 10.0. The molecule has 0 aliphatic heterocycles. The van der Waals surface area contributed by atoms with Crippen molar-refractivity contribution in [2.24, 2.45) is 0 Å². The Morgan fingerprint density at radius 2 is 2.11 bits per heavy atom. The summed E-state index contributed by atoms with van der Waals surface area (Å²) in [7, 11) is 0. The van der Waals surface area contributed by atoms with Crippen LogP contribution in [0.1, 0.15) is 21.5 Å². The van der Waals surface area contributed by atoms with E-state index in [1.54, 1.807) is 6.08 Å². The summed E-state index contributed by atoms with van der Waals surface area (Å²) in [6.07, 6.45) is -2.78. The average molecular weight is 257 g/mol. The Hall–Kier alpha value is -1.62. The van der Waals surface area contributed by atoms with E-state index in [9.17, 15) is 18.0 Å². The van der Waals surface area contributed by atoms with Gasteiger partial charge in [0.15, 0.2) is 5.78 Å². The lowest BCUT2D eigenvalue weighted by Crippen LogP contribution is -2.23. The minimum Gasteiger partial charge on any atom is -0.306 e. The highest BCUT2D eigenvalue weighted by molar-refractivity contribution is 5.99. The molecule has 0 radical (unpaired) electrons. The second kappa shape index (κ2) is 5.82. The summed E-state index contributed by atoms with van der Waals surface area (Å²) in [5, 5.41) is 2.82. The highest BCUT2D eigenvalue weighted by atomic mass is 19.4. The Kier molecular flexibility index (Phi) is 4.67. The van der Waals surface area contributed by atoms with Crippen LogP contribution in [-0.2, 0) is 6.18 Å². The average Bonchev–Trinajstić information content (AvgIpc) is 2.27. The molecule has 1 aromatic rings. The van der Waals surface area contributed by atoms with Gasteiger partial charge in [0, 0.05) is 12.1 Å². The fourth-order valence-electron chi connectivity index (χ4n) is 1.54. The summed E-state index contributed by atoms with van der Waals surface area (Å²) in [6, 6.07) is 3.13. The van der Waals surface area contributed by atoms with Gasteiger partial charge >= 0.3 is 6.18 Å². The summed E-state index contributed by atoms with van der Waals surface area (Å²) in [5.41, 5.74) is -0.106. The maximum atomic E-state index is 12.4. The molecule has 0 aromatic heterocycles. The van der Waals surface area contributed by atoms with Crippen molar-refractivity contribution in [3.8, 4) is 0 Å². The highest BCUT2D eigenvalue weighted by Gasteiger charge is 2.30. The molecule has 0 fully saturated rings. The maximum absolute atomic E-state index is 12.4. The van der Waals surface area contributed by atoms with Crippen LogP contribution >= 0.6 is 0 Å². The minimum absolute atomic E-state index is 0.0816. The van der Waals surface area contributed by atoms with Gasteiger partial charge in [0.1, 0.15) is 0 Å². The Balaban J connectivity index is 2.85. The predicted octanol–water partition coefficient (Wildman–Crippen LogP) is 2.97. The van der Waals surface area contributed by atoms with Crippen molar-refractivity contribution in [1.29, 1.82) is 0 Å². The van der Waals surface area contributed by atoms with Crippen LogP contribution in [0.3, 0.4) is 0 Å². The van der Waals surface area contributed by atoms with Crippen LogP contribution in [0.25, 0.3) is 0 Å². The van der Waals surface area contributed by atoms with Gasteiger partial charge in [0.2, 0.25) is 0 Å². The zero-order chi connectivity index (χ0) is 13.8. The van der Waals surface area contributed by atoms with Crippen LogP contribution in [-0.4, -0.2) is 18.9 Å². The van der Waals surface area contributed by atoms with Crippen molar-refractivity contribution in [2.45, 2.75) is 13.1 Å². The van der Waals surface area contributed by atoms with Gasteiger partial charge < -0.3 is 5.32 Å². The van der Waals surface area contributed by atoms with Crippen LogP contribution in [0.2, 0.25) is 0 Å². The predicted molar refractivity (Wildman–Crippen MR) is 63.6 cm³/mol. The monoisotopic (exact) mass is 257 g/mol. The van der Waals surface area contributed by atoms with Crippen molar-refractivity contribution in [2.75, 3.05) is 13.1 Å². The third kappa shape index (κ3) is 3.70. The highest BCUT2D eigenvalue weighted by Crippen LogP contribution is 2.30. The molecule has 98 valence electrons. The number of hydrogen-bond donors (Lipinski definition) is 1. The van der Waals surface area contributed by atoms with Crippen molar-refractivity contribution < 1.29 is 18.0 Å². The fourth-order valence-corrected chi connectivity index (χ4v) is 1.54. The number of Topliss-reactive ketones (excluding diaryl/α,β-unsaturated/α-hetero) is 1. The van der Waals surface area contributed by atoms with Crippen molar-refractivity contribution >= 4 is 5.78 Å². The van der Waals surface area contributed by atoms with Crippen LogP contribution < -0.4 is 5.32 Å². The molecule has 0 atom stereocenters. The summed E-state index contributed by atoms with van der Waals surface area (Å²) in [5.74, 6) is -0.233. The minimum atomic E-state index is -4.38. The van der Waals surface area contributed by atoms with E-state index in [4.69, 9.17) is 0 Å². The third-order valence-corrected chi connectivity index (χ3v) is 2.43. The number of carbonyl (C=O) groups is 1. The molecule has 0 bridgehead atoms. The molecule has 0 heterocycles. The van der Waals surface area contributed by atoms with Gasteiger partial charge in [0.05, 0.1) is 12.1 Å². The maximum Gasteiger partial charge on any atom is 0.416 e. The molecule has 2 nitrogen and oxygen atoms in total. The Bertz CT molecular complexity index is 452. The first-order chi connectivity index (χ1) is 8.36. The van der Waals surface area contributed by atoms with Crippen LogP contribution in [0.5, 0.6) is 0 Å². The van der Waals surface area contributed by atoms with E-state index < -0.39 is 11.7 Å². The number of halogens is 3. The van der Waals surface area contributed by atoms with E-state index in [1.165, 1.54) is 13.0 Å². The van der Waals surface area contributed by atoms with E-state index in [0.29, 0.717) is 17.7 Å². The molecule has 1 rings (SSSR count). The van der Waals surface area contributed by atoms with Crippen LogP contribution in [0, 0.1) is 6.92 Å². The van der Waals surface area contributed by atoms with Crippen LogP contribution in [0.15, 0.2) is 30.9 Å². The molecule has 18 heavy (non-hydrogen) atoms. The molecule has 0 unspecified atom stereocenters. The quantitative estimate of drug-likeness (QED) is 0.499. The molecular weight excluding hydrogens is 243 g/mol. The first kappa shape index (κ1) is 14.4. The number of aryl methyl sites for hydroxylation is 1. The Labute approximate surface area is 104 Å². The molecule has 0 saturated carbocycles. The zero-order valence-corrected chi connectivity index (χ0v) is 9.97. The second-order valence-corrected chi connectivity index (χ2v) is 3.87. The molecule has 0 spiro atoms. The number of benzene rings is 1. The molecule has 5 heteroatoms. The Morgan fingerprint density at radius 3 is 2.61 bits per heavy atom. The molecule has 1 aromatic carbocycles. The number of ketones is 1. The van der Waals surface area contributed by atoms with Gasteiger partial charge in [-0.05, 0) is 24.6 Å². The lowest BCUT2D eigenvalue weighted by Gasteiger charge is -2.10. The van der Waals surface area contributed by atoms with Crippen molar-refractivity contribution in [1.82, 2.24) is 5.32 Å². The first-order valence-electron chi connectivity index (χ1n) is 5.39. The summed E-state index contributed by atoms with van der Waals surface area (Å²) in [6.45, 7) is 5.54. The van der Waals surface area contributed by atoms with E-state index >= 15 is 0 Å². The standard InChI is InChI=1S/C13H14F3NO/c1-3-6-17-8-12(18)11-5-4-10(7-9(11)2)13(14,15)16/h3-5,7,17H,1,6,8H2,2H3. The van der Waals surface area contributed by atoms with Gasteiger partial charge in [0.25, 0.3) is 0 Å². The van der Waals surface area contributed by atoms with E-state index in [0.717, 1.165) is 12.1 Å². The van der Waals surface area contributed by atoms with Gasteiger partial charge in [-0.15, -0.1) is 6.58 Å². The second-order valence-electron chi connectivity index (χ2n) is 3.87. The third-order valence-electron chi connectivity index (χ3n) is 2.43. The Morgan fingerprint density at radius 1 is 1.44 bits per heavy atom. The molecule has 0 aliphatic rings. The fraction of sp³-hybridized carbons (Fsp3) is 0.308. The molecular formula is C13H14F3NO. The van der Waals surface area contributed by atoms with E-state index in [-0.39, 0.29) is 12.3 Å². The van der Waals surface area contributed by atoms with Gasteiger partial charge in [-0.3, -0.25) is 4.79 Å². The number of alkyl halides is 3. The number of hydrogen-bond acceptors (Lipinski definition) is 2. The van der Waals surface area contributed by atoms with E-state index in [1.807, 2.05) is 0 Å². The topological polar surface area (TPSA) is 29.1 Å². The van der Waals surface area contributed by atoms with Crippen LogP contribution in [0.4, 0.5) is 13.2 Å². The van der Waals surface area contributed by atoms with Gasteiger partial charge in [-0.2, -0.15) is 13.2 Å². The molecule has 0 saturated heterocycles. The smallest absolute Gasteiger partial charge is 0.306 e. The van der Waals surface area contributed by atoms with Gasteiger partial charge in [-0.25, -0.2) is 0 Å². The SMILES string of the molecule is C=CCNCC(=O)c1ccc(C(F)(F)F)cc1C. The largest absolute Gasteiger partial charge is 0.416 e. The number of nitrogens with one attached hydrogen (secondary N) is 1. The molecule has 0 amide bonds. The summed E-state index contributed by atoms with van der Waals surface area (Å²) >= 11 is 0. The van der Waals surface area contributed by atoms with E-state index in [2.05, 4.69) is 11.9 Å². The zero-order valence-electron chi connectivity index (χ0n) is 9.97.